The lowest BCUT2D eigenvalue weighted by Gasteiger charge is -2.36. The van der Waals surface area contributed by atoms with Crippen LogP contribution >= 0.6 is 0 Å². The van der Waals surface area contributed by atoms with Crippen molar-refractivity contribution in [3.63, 3.8) is 0 Å². The highest BCUT2D eigenvalue weighted by atomic mass is 16.5. The molecule has 1 N–H and O–H groups in total. The summed E-state index contributed by atoms with van der Waals surface area (Å²) in [6, 6.07) is 6.40. The van der Waals surface area contributed by atoms with Gasteiger partial charge in [0.1, 0.15) is 5.75 Å². The van der Waals surface area contributed by atoms with Gasteiger partial charge in [-0.15, -0.1) is 0 Å². The van der Waals surface area contributed by atoms with Crippen LogP contribution in [0, 0.1) is 0 Å². The average Bonchev–Trinajstić information content (AvgIpc) is 2.38. The molecule has 2 rings (SSSR count). The van der Waals surface area contributed by atoms with Crippen LogP contribution in [0.3, 0.4) is 0 Å². The zero-order valence-electron chi connectivity index (χ0n) is 12.6. The Bertz CT molecular complexity index is 430. The average molecular weight is 263 g/mol. The van der Waals surface area contributed by atoms with E-state index in [2.05, 4.69) is 45.1 Å². The first-order chi connectivity index (χ1) is 8.93. The molecular formula is C16H25NO2. The Kier molecular flexibility index (Phi) is 4.16. The molecule has 19 heavy (non-hydrogen) atoms. The molecule has 0 amide bonds. The second-order valence-corrected chi connectivity index (χ2v) is 6.22. The molecule has 0 radical (unpaired) electrons. The molecule has 106 valence electrons. The van der Waals surface area contributed by atoms with Crippen LogP contribution in [0.1, 0.15) is 50.8 Å². The first-order valence-corrected chi connectivity index (χ1v) is 6.97. The van der Waals surface area contributed by atoms with Gasteiger partial charge in [0.2, 0.25) is 0 Å². The summed E-state index contributed by atoms with van der Waals surface area (Å²) in [7, 11) is 1.72. The number of rotatable bonds is 3. The first kappa shape index (κ1) is 14.4. The zero-order valence-corrected chi connectivity index (χ0v) is 12.6. The third kappa shape index (κ3) is 3.28. The molecule has 3 heteroatoms. The van der Waals surface area contributed by atoms with Gasteiger partial charge in [0, 0.05) is 17.6 Å². The second kappa shape index (κ2) is 5.51. The van der Waals surface area contributed by atoms with Crippen LogP contribution in [0.25, 0.3) is 0 Å². The van der Waals surface area contributed by atoms with Gasteiger partial charge in [-0.05, 0) is 37.5 Å². The van der Waals surface area contributed by atoms with Crippen molar-refractivity contribution in [2.24, 2.45) is 0 Å². The molecule has 1 aliphatic heterocycles. The molecule has 1 fully saturated rings. The van der Waals surface area contributed by atoms with Crippen LogP contribution in [0.4, 0.5) is 0 Å². The Morgan fingerprint density at radius 3 is 2.63 bits per heavy atom. The van der Waals surface area contributed by atoms with Crippen molar-refractivity contribution in [1.82, 2.24) is 5.32 Å². The summed E-state index contributed by atoms with van der Waals surface area (Å²) in [5.74, 6) is 1.42. The molecule has 0 spiro atoms. The van der Waals surface area contributed by atoms with Crippen LogP contribution in [-0.4, -0.2) is 25.8 Å². The van der Waals surface area contributed by atoms with E-state index in [0.717, 1.165) is 17.9 Å². The molecular weight excluding hydrogens is 238 g/mol. The van der Waals surface area contributed by atoms with E-state index >= 15 is 0 Å². The first-order valence-electron chi connectivity index (χ1n) is 6.97. The summed E-state index contributed by atoms with van der Waals surface area (Å²) >= 11 is 0. The molecule has 1 aromatic carbocycles. The van der Waals surface area contributed by atoms with Gasteiger partial charge < -0.3 is 14.8 Å². The summed E-state index contributed by atoms with van der Waals surface area (Å²) < 4.78 is 11.5. The fraction of sp³-hybridized carbons (Fsp3) is 0.625. The van der Waals surface area contributed by atoms with Crippen LogP contribution in [-0.2, 0) is 4.74 Å². The smallest absolute Gasteiger partial charge is 0.124 e. The normalized spacial score (nSPS) is 22.5. The molecule has 0 bridgehead atoms. The van der Waals surface area contributed by atoms with Crippen molar-refractivity contribution in [3.05, 3.63) is 29.3 Å². The van der Waals surface area contributed by atoms with E-state index in [1.807, 2.05) is 6.07 Å². The molecule has 0 saturated carbocycles. The van der Waals surface area contributed by atoms with Crippen molar-refractivity contribution in [2.75, 3.05) is 20.3 Å². The molecule has 1 aliphatic rings. The van der Waals surface area contributed by atoms with E-state index in [1.165, 1.54) is 5.56 Å². The minimum absolute atomic E-state index is 0.0550. The van der Waals surface area contributed by atoms with E-state index in [-0.39, 0.29) is 11.6 Å². The second-order valence-electron chi connectivity index (χ2n) is 6.22. The van der Waals surface area contributed by atoms with Crippen LogP contribution in [0.5, 0.6) is 5.75 Å². The third-order valence-corrected chi connectivity index (χ3v) is 3.68. The standard InChI is InChI=1S/C16H25NO2/c1-11(2)12-6-7-14(18-5)13(8-12)15-9-17-16(3,4)10-19-15/h6-8,11,15,17H,9-10H2,1-5H3. The summed E-state index contributed by atoms with van der Waals surface area (Å²) in [6.07, 6.45) is 0.0710. The van der Waals surface area contributed by atoms with E-state index in [0.29, 0.717) is 12.5 Å². The van der Waals surface area contributed by atoms with Crippen molar-refractivity contribution in [1.29, 1.82) is 0 Å². The highest BCUT2D eigenvalue weighted by Gasteiger charge is 2.29. The molecule has 1 heterocycles. The molecule has 1 atom stereocenters. The zero-order chi connectivity index (χ0) is 14.0. The predicted octanol–water partition coefficient (Wildman–Crippen LogP) is 3.26. The summed E-state index contributed by atoms with van der Waals surface area (Å²) in [6.45, 7) is 10.3. The number of benzene rings is 1. The van der Waals surface area contributed by atoms with Gasteiger partial charge in [0.15, 0.2) is 0 Å². The fourth-order valence-corrected chi connectivity index (χ4v) is 2.35. The molecule has 1 saturated heterocycles. The summed E-state index contributed by atoms with van der Waals surface area (Å²) in [5.41, 5.74) is 2.53. The minimum atomic E-state index is 0.0550. The van der Waals surface area contributed by atoms with Gasteiger partial charge in [0.05, 0.1) is 19.8 Å². The van der Waals surface area contributed by atoms with Crippen molar-refractivity contribution < 1.29 is 9.47 Å². The quantitative estimate of drug-likeness (QED) is 0.908. The topological polar surface area (TPSA) is 30.5 Å². The number of morpholine rings is 1. The monoisotopic (exact) mass is 263 g/mol. The number of ether oxygens (including phenoxy) is 2. The Labute approximate surface area is 116 Å². The molecule has 1 unspecified atom stereocenters. The van der Waals surface area contributed by atoms with Crippen LogP contribution < -0.4 is 10.1 Å². The van der Waals surface area contributed by atoms with Gasteiger partial charge in [-0.25, -0.2) is 0 Å². The maximum absolute atomic E-state index is 6.01. The van der Waals surface area contributed by atoms with Crippen molar-refractivity contribution in [3.8, 4) is 5.75 Å². The largest absolute Gasteiger partial charge is 0.496 e. The summed E-state index contributed by atoms with van der Waals surface area (Å²) in [4.78, 5) is 0. The Hall–Kier alpha value is -1.06. The van der Waals surface area contributed by atoms with E-state index < -0.39 is 0 Å². The highest BCUT2D eigenvalue weighted by molar-refractivity contribution is 5.40. The van der Waals surface area contributed by atoms with E-state index in [9.17, 15) is 0 Å². The van der Waals surface area contributed by atoms with Crippen molar-refractivity contribution in [2.45, 2.75) is 45.3 Å². The highest BCUT2D eigenvalue weighted by Crippen LogP contribution is 2.33. The Morgan fingerprint density at radius 2 is 2.11 bits per heavy atom. The number of hydrogen-bond donors (Lipinski definition) is 1. The lowest BCUT2D eigenvalue weighted by molar-refractivity contribution is -0.0238. The number of hydrogen-bond acceptors (Lipinski definition) is 3. The van der Waals surface area contributed by atoms with E-state index in [1.54, 1.807) is 7.11 Å². The van der Waals surface area contributed by atoms with Crippen molar-refractivity contribution >= 4 is 0 Å². The van der Waals surface area contributed by atoms with Gasteiger partial charge >= 0.3 is 0 Å². The van der Waals surface area contributed by atoms with E-state index in [4.69, 9.17) is 9.47 Å². The van der Waals surface area contributed by atoms with Gasteiger partial charge in [0.25, 0.3) is 0 Å². The third-order valence-electron chi connectivity index (χ3n) is 3.68. The minimum Gasteiger partial charge on any atom is -0.496 e. The Morgan fingerprint density at radius 1 is 1.37 bits per heavy atom. The number of methoxy groups -OCH3 is 1. The lowest BCUT2D eigenvalue weighted by Crippen LogP contribution is -2.50. The molecule has 1 aromatic rings. The summed E-state index contributed by atoms with van der Waals surface area (Å²) in [5, 5.41) is 3.53. The van der Waals surface area contributed by atoms with Gasteiger partial charge in [-0.2, -0.15) is 0 Å². The SMILES string of the molecule is COc1ccc(C(C)C)cc1C1CNC(C)(C)CO1. The lowest BCUT2D eigenvalue weighted by atomic mass is 9.96. The van der Waals surface area contributed by atoms with Crippen LogP contribution in [0.2, 0.25) is 0 Å². The predicted molar refractivity (Wildman–Crippen MR) is 77.9 cm³/mol. The maximum Gasteiger partial charge on any atom is 0.124 e. The number of nitrogens with one attached hydrogen (secondary N) is 1. The van der Waals surface area contributed by atoms with Crippen LogP contribution in [0.15, 0.2) is 18.2 Å². The Balaban J connectivity index is 2.25. The fourth-order valence-electron chi connectivity index (χ4n) is 2.35. The maximum atomic E-state index is 6.01. The van der Waals surface area contributed by atoms with Gasteiger partial charge in [-0.3, -0.25) is 0 Å². The molecule has 3 nitrogen and oxygen atoms in total. The molecule has 0 aromatic heterocycles. The molecule has 0 aliphatic carbocycles. The van der Waals surface area contributed by atoms with Gasteiger partial charge in [-0.1, -0.05) is 19.9 Å².